The third kappa shape index (κ3) is 3.07. The Hall–Kier alpha value is -2.54. The summed E-state index contributed by atoms with van der Waals surface area (Å²) in [5.41, 5.74) is 3.37. The Bertz CT molecular complexity index is 660. The number of benzene rings is 3. The van der Waals surface area contributed by atoms with E-state index < -0.39 is 0 Å². The fourth-order valence-corrected chi connectivity index (χ4v) is 2.07. The molecule has 0 spiro atoms. The first-order valence-electron chi connectivity index (χ1n) is 6.66. The highest BCUT2D eigenvalue weighted by atomic mass is 16.5. The lowest BCUT2D eigenvalue weighted by molar-refractivity contribution is 0.306. The number of ether oxygens (including phenoxy) is 1. The van der Waals surface area contributed by atoms with Gasteiger partial charge in [-0.3, -0.25) is 0 Å². The molecule has 0 aromatic heterocycles. The van der Waals surface area contributed by atoms with Crippen LogP contribution in [0.25, 0.3) is 11.1 Å². The van der Waals surface area contributed by atoms with Crippen LogP contribution in [0.4, 0.5) is 0 Å². The van der Waals surface area contributed by atoms with Gasteiger partial charge in [-0.1, -0.05) is 66.7 Å². The van der Waals surface area contributed by atoms with Gasteiger partial charge in [0.25, 0.3) is 0 Å². The molecule has 0 heterocycles. The molecule has 0 unspecified atom stereocenters. The van der Waals surface area contributed by atoms with Crippen molar-refractivity contribution in [2.75, 3.05) is 0 Å². The standard InChI is InChI=1S/C19H15O/c1-3-8-16(9-4-1)15-20-19-13-7-12-18(14-19)17-10-5-2-6-11-17/h1-10,12-14H,15H2. The minimum Gasteiger partial charge on any atom is -0.489 e. The van der Waals surface area contributed by atoms with Crippen LogP contribution in [0.15, 0.2) is 78.9 Å². The smallest absolute Gasteiger partial charge is 0.120 e. The summed E-state index contributed by atoms with van der Waals surface area (Å²) in [6, 6.07) is 29.5. The molecule has 0 aliphatic carbocycles. The normalized spacial score (nSPS) is 10.2. The van der Waals surface area contributed by atoms with Gasteiger partial charge in [0, 0.05) is 0 Å². The Kier molecular flexibility index (Phi) is 3.79. The molecule has 0 N–H and O–H groups in total. The van der Waals surface area contributed by atoms with Crippen LogP contribution in [0.2, 0.25) is 0 Å². The lowest BCUT2D eigenvalue weighted by Gasteiger charge is -2.08. The minimum atomic E-state index is 0.586. The molecular formula is C19H15O. The Morgan fingerprint density at radius 3 is 2.45 bits per heavy atom. The molecule has 20 heavy (non-hydrogen) atoms. The van der Waals surface area contributed by atoms with Crippen molar-refractivity contribution in [3.05, 3.63) is 90.5 Å². The molecule has 3 rings (SSSR count). The van der Waals surface area contributed by atoms with Gasteiger partial charge in [0.05, 0.1) is 0 Å². The van der Waals surface area contributed by atoms with Gasteiger partial charge in [0.15, 0.2) is 0 Å². The molecule has 1 radical (unpaired) electrons. The molecule has 1 heteroatoms. The van der Waals surface area contributed by atoms with Crippen molar-refractivity contribution in [2.45, 2.75) is 6.61 Å². The van der Waals surface area contributed by atoms with Gasteiger partial charge in [-0.2, -0.15) is 0 Å². The highest BCUT2D eigenvalue weighted by Crippen LogP contribution is 2.23. The molecule has 0 aliphatic rings. The maximum Gasteiger partial charge on any atom is 0.120 e. The topological polar surface area (TPSA) is 9.23 Å². The van der Waals surface area contributed by atoms with Crippen molar-refractivity contribution < 1.29 is 4.74 Å². The lowest BCUT2D eigenvalue weighted by Crippen LogP contribution is -1.94. The van der Waals surface area contributed by atoms with E-state index >= 15 is 0 Å². The van der Waals surface area contributed by atoms with Gasteiger partial charge in [-0.05, 0) is 34.9 Å². The summed E-state index contributed by atoms with van der Waals surface area (Å²) in [6.07, 6.45) is 0. The summed E-state index contributed by atoms with van der Waals surface area (Å²) in [4.78, 5) is 0. The van der Waals surface area contributed by atoms with Crippen molar-refractivity contribution in [3.8, 4) is 16.9 Å². The molecule has 3 aromatic rings. The van der Waals surface area contributed by atoms with Crippen molar-refractivity contribution in [1.29, 1.82) is 0 Å². The van der Waals surface area contributed by atoms with Gasteiger partial charge >= 0.3 is 0 Å². The zero-order valence-corrected chi connectivity index (χ0v) is 11.1. The van der Waals surface area contributed by atoms with E-state index in [1.54, 1.807) is 0 Å². The average Bonchev–Trinajstić information content (AvgIpc) is 2.55. The summed E-state index contributed by atoms with van der Waals surface area (Å²) in [7, 11) is 0. The van der Waals surface area contributed by atoms with E-state index in [1.807, 2.05) is 48.5 Å². The van der Waals surface area contributed by atoms with E-state index in [-0.39, 0.29) is 0 Å². The molecule has 0 saturated carbocycles. The van der Waals surface area contributed by atoms with Gasteiger partial charge in [0.1, 0.15) is 12.4 Å². The highest BCUT2D eigenvalue weighted by Gasteiger charge is 2.00. The zero-order valence-electron chi connectivity index (χ0n) is 11.1. The summed E-state index contributed by atoms with van der Waals surface area (Å²) in [5, 5.41) is 0. The Morgan fingerprint density at radius 2 is 1.65 bits per heavy atom. The third-order valence-electron chi connectivity index (χ3n) is 3.10. The van der Waals surface area contributed by atoms with E-state index in [4.69, 9.17) is 4.74 Å². The predicted molar refractivity (Wildman–Crippen MR) is 81.5 cm³/mol. The lowest BCUT2D eigenvalue weighted by atomic mass is 10.1. The maximum atomic E-state index is 5.84. The average molecular weight is 259 g/mol. The maximum absolute atomic E-state index is 5.84. The summed E-state index contributed by atoms with van der Waals surface area (Å²) >= 11 is 0. The van der Waals surface area contributed by atoms with E-state index in [9.17, 15) is 0 Å². The van der Waals surface area contributed by atoms with E-state index in [2.05, 4.69) is 36.4 Å². The van der Waals surface area contributed by atoms with Crippen LogP contribution in [0.1, 0.15) is 5.56 Å². The van der Waals surface area contributed by atoms with Crippen LogP contribution >= 0.6 is 0 Å². The van der Waals surface area contributed by atoms with Crippen LogP contribution in [0.5, 0.6) is 5.75 Å². The van der Waals surface area contributed by atoms with Gasteiger partial charge in [0.2, 0.25) is 0 Å². The molecular weight excluding hydrogens is 244 g/mol. The number of rotatable bonds is 4. The fourth-order valence-electron chi connectivity index (χ4n) is 2.07. The van der Waals surface area contributed by atoms with Crippen LogP contribution in [-0.4, -0.2) is 0 Å². The first kappa shape index (κ1) is 12.5. The molecule has 1 nitrogen and oxygen atoms in total. The molecule has 0 saturated heterocycles. The van der Waals surface area contributed by atoms with Crippen LogP contribution in [-0.2, 0) is 6.61 Å². The molecule has 0 atom stereocenters. The first-order chi connectivity index (χ1) is 9.92. The van der Waals surface area contributed by atoms with E-state index in [0.717, 1.165) is 16.9 Å². The van der Waals surface area contributed by atoms with Crippen molar-refractivity contribution >= 4 is 0 Å². The first-order valence-corrected chi connectivity index (χ1v) is 6.66. The number of hydrogen-bond donors (Lipinski definition) is 0. The minimum absolute atomic E-state index is 0.586. The summed E-state index contributed by atoms with van der Waals surface area (Å²) in [5.74, 6) is 0.878. The van der Waals surface area contributed by atoms with Crippen molar-refractivity contribution in [3.63, 3.8) is 0 Å². The molecule has 97 valence electrons. The number of hydrogen-bond acceptors (Lipinski definition) is 1. The van der Waals surface area contributed by atoms with E-state index in [0.29, 0.717) is 6.61 Å². The second-order valence-corrected chi connectivity index (χ2v) is 4.58. The third-order valence-corrected chi connectivity index (χ3v) is 3.10. The van der Waals surface area contributed by atoms with Gasteiger partial charge in [-0.15, -0.1) is 0 Å². The Labute approximate surface area is 119 Å². The van der Waals surface area contributed by atoms with Crippen LogP contribution in [0, 0.1) is 6.07 Å². The SMILES string of the molecule is [c]1ccccc1-c1cccc(OCc2ccccc2)c1. The molecule has 0 fully saturated rings. The van der Waals surface area contributed by atoms with Crippen LogP contribution in [0.3, 0.4) is 0 Å². The Balaban J connectivity index is 1.75. The Morgan fingerprint density at radius 1 is 0.800 bits per heavy atom. The summed E-state index contributed by atoms with van der Waals surface area (Å²) in [6.45, 7) is 0.586. The van der Waals surface area contributed by atoms with Crippen molar-refractivity contribution in [1.82, 2.24) is 0 Å². The second-order valence-electron chi connectivity index (χ2n) is 4.58. The largest absolute Gasteiger partial charge is 0.489 e. The zero-order chi connectivity index (χ0) is 13.6. The predicted octanol–water partition coefficient (Wildman–Crippen LogP) is 4.73. The molecule has 0 amide bonds. The van der Waals surface area contributed by atoms with Crippen molar-refractivity contribution in [2.24, 2.45) is 0 Å². The molecule has 3 aromatic carbocycles. The monoisotopic (exact) mass is 259 g/mol. The molecule has 0 bridgehead atoms. The van der Waals surface area contributed by atoms with Gasteiger partial charge < -0.3 is 4.74 Å². The van der Waals surface area contributed by atoms with Crippen LogP contribution < -0.4 is 4.74 Å². The highest BCUT2D eigenvalue weighted by molar-refractivity contribution is 5.64. The fraction of sp³-hybridized carbons (Fsp3) is 0.0526. The summed E-state index contributed by atoms with van der Waals surface area (Å²) < 4.78 is 5.84. The van der Waals surface area contributed by atoms with E-state index in [1.165, 1.54) is 5.56 Å². The van der Waals surface area contributed by atoms with Gasteiger partial charge in [-0.25, -0.2) is 0 Å². The molecule has 0 aliphatic heterocycles. The quantitative estimate of drug-likeness (QED) is 0.658. The second kappa shape index (κ2) is 6.07.